The van der Waals surface area contributed by atoms with Crippen LogP contribution in [0.4, 0.5) is 10.6 Å². The van der Waals surface area contributed by atoms with Gasteiger partial charge >= 0.3 is 6.09 Å². The van der Waals surface area contributed by atoms with Crippen molar-refractivity contribution >= 4 is 23.5 Å². The van der Waals surface area contributed by atoms with Gasteiger partial charge in [-0.2, -0.15) is 0 Å². The Kier molecular flexibility index (Phi) is 3.89. The first-order valence-corrected chi connectivity index (χ1v) is 7.99. The van der Waals surface area contributed by atoms with Crippen molar-refractivity contribution in [2.75, 3.05) is 18.0 Å². The van der Waals surface area contributed by atoms with E-state index < -0.39 is 5.60 Å². The molecule has 120 valence electrons. The molecular weight excluding hydrogens is 304 g/mol. The highest BCUT2D eigenvalue weighted by Crippen LogP contribution is 2.32. The number of aromatic nitrogens is 2. The van der Waals surface area contributed by atoms with Crippen LogP contribution in [0.1, 0.15) is 44.9 Å². The fraction of sp³-hybridized carbons (Fsp3) is 0.667. The SMILES string of the molecule is CC(C)(C)OC(=O)N1Cc2nc(Cl)nc(N3CCCC3)c2C1. The van der Waals surface area contributed by atoms with E-state index in [1.165, 1.54) is 0 Å². The number of halogens is 1. The highest BCUT2D eigenvalue weighted by atomic mass is 35.5. The molecule has 1 saturated heterocycles. The molecule has 3 rings (SSSR count). The first-order valence-electron chi connectivity index (χ1n) is 7.62. The van der Waals surface area contributed by atoms with Gasteiger partial charge in [-0.1, -0.05) is 0 Å². The molecule has 0 saturated carbocycles. The topological polar surface area (TPSA) is 58.6 Å². The van der Waals surface area contributed by atoms with Crippen LogP contribution in [-0.2, 0) is 17.8 Å². The van der Waals surface area contributed by atoms with Crippen LogP contribution in [-0.4, -0.2) is 39.7 Å². The van der Waals surface area contributed by atoms with Gasteiger partial charge in [0.2, 0.25) is 5.28 Å². The quantitative estimate of drug-likeness (QED) is 0.743. The Labute approximate surface area is 135 Å². The highest BCUT2D eigenvalue weighted by Gasteiger charge is 2.33. The Balaban J connectivity index is 1.83. The van der Waals surface area contributed by atoms with E-state index in [0.717, 1.165) is 43.0 Å². The monoisotopic (exact) mass is 324 g/mol. The Morgan fingerprint density at radius 1 is 1.18 bits per heavy atom. The first-order chi connectivity index (χ1) is 10.3. The van der Waals surface area contributed by atoms with Gasteiger partial charge in [-0.25, -0.2) is 14.8 Å². The smallest absolute Gasteiger partial charge is 0.410 e. The summed E-state index contributed by atoms with van der Waals surface area (Å²) in [6.07, 6.45) is 1.99. The van der Waals surface area contributed by atoms with Gasteiger partial charge in [-0.15, -0.1) is 0 Å². The normalized spacial score (nSPS) is 17.8. The molecule has 1 fully saturated rings. The molecule has 0 aromatic carbocycles. The van der Waals surface area contributed by atoms with E-state index in [1.807, 2.05) is 20.8 Å². The van der Waals surface area contributed by atoms with Gasteiger partial charge in [0.25, 0.3) is 0 Å². The number of nitrogens with zero attached hydrogens (tertiary/aromatic N) is 4. The number of rotatable bonds is 1. The first kappa shape index (κ1) is 15.3. The lowest BCUT2D eigenvalue weighted by molar-refractivity contribution is 0.0241. The van der Waals surface area contributed by atoms with E-state index in [1.54, 1.807) is 4.90 Å². The van der Waals surface area contributed by atoms with Crippen molar-refractivity contribution < 1.29 is 9.53 Å². The average Bonchev–Trinajstić information content (AvgIpc) is 3.04. The van der Waals surface area contributed by atoms with Crippen LogP contribution in [0.3, 0.4) is 0 Å². The zero-order valence-corrected chi connectivity index (χ0v) is 14.0. The lowest BCUT2D eigenvalue weighted by Gasteiger charge is -2.24. The molecule has 2 aliphatic rings. The van der Waals surface area contributed by atoms with Gasteiger partial charge in [0.05, 0.1) is 18.8 Å². The second-order valence-electron chi connectivity index (χ2n) is 6.77. The van der Waals surface area contributed by atoms with Crippen LogP contribution in [0.5, 0.6) is 0 Å². The molecule has 3 heterocycles. The van der Waals surface area contributed by atoms with Crippen LogP contribution < -0.4 is 4.90 Å². The minimum Gasteiger partial charge on any atom is -0.444 e. The number of hydrogen-bond donors (Lipinski definition) is 0. The Bertz CT molecular complexity index is 594. The highest BCUT2D eigenvalue weighted by molar-refractivity contribution is 6.28. The van der Waals surface area contributed by atoms with Gasteiger partial charge in [0, 0.05) is 18.7 Å². The maximum Gasteiger partial charge on any atom is 0.410 e. The maximum absolute atomic E-state index is 12.3. The van der Waals surface area contributed by atoms with Crippen molar-refractivity contribution in [1.29, 1.82) is 0 Å². The number of fused-ring (bicyclic) bond motifs is 1. The third-order valence-electron chi connectivity index (χ3n) is 3.79. The summed E-state index contributed by atoms with van der Waals surface area (Å²) >= 11 is 6.06. The number of anilines is 1. The third kappa shape index (κ3) is 3.11. The molecular formula is C15H21ClN4O2. The predicted octanol–water partition coefficient (Wildman–Crippen LogP) is 2.98. The lowest BCUT2D eigenvalue weighted by Crippen LogP contribution is -2.33. The number of carbonyl (C=O) groups is 1. The molecule has 0 atom stereocenters. The summed E-state index contributed by atoms with van der Waals surface area (Å²) in [5, 5.41) is 0.242. The van der Waals surface area contributed by atoms with Gasteiger partial charge in [-0.3, -0.25) is 4.90 Å². The maximum atomic E-state index is 12.3. The Morgan fingerprint density at radius 3 is 2.50 bits per heavy atom. The van der Waals surface area contributed by atoms with E-state index in [-0.39, 0.29) is 11.4 Å². The molecule has 0 unspecified atom stereocenters. The largest absolute Gasteiger partial charge is 0.444 e. The van der Waals surface area contributed by atoms with Gasteiger partial charge in [0.15, 0.2) is 0 Å². The van der Waals surface area contributed by atoms with Crippen LogP contribution in [0, 0.1) is 0 Å². The van der Waals surface area contributed by atoms with E-state index in [0.29, 0.717) is 13.1 Å². The van der Waals surface area contributed by atoms with Crippen molar-refractivity contribution in [2.24, 2.45) is 0 Å². The number of ether oxygens (including phenoxy) is 1. The molecule has 1 aromatic heterocycles. The molecule has 7 heteroatoms. The van der Waals surface area contributed by atoms with Crippen molar-refractivity contribution in [3.8, 4) is 0 Å². The molecule has 0 radical (unpaired) electrons. The minimum atomic E-state index is -0.507. The summed E-state index contributed by atoms with van der Waals surface area (Å²) in [5.41, 5.74) is 1.32. The number of amides is 1. The summed E-state index contributed by atoms with van der Waals surface area (Å²) in [6.45, 7) is 8.44. The minimum absolute atomic E-state index is 0.242. The van der Waals surface area contributed by atoms with Gasteiger partial charge in [-0.05, 0) is 45.2 Å². The Morgan fingerprint density at radius 2 is 1.86 bits per heavy atom. The van der Waals surface area contributed by atoms with Crippen LogP contribution in [0.2, 0.25) is 5.28 Å². The van der Waals surface area contributed by atoms with E-state index in [9.17, 15) is 4.79 Å². The number of hydrogen-bond acceptors (Lipinski definition) is 5. The molecule has 6 nitrogen and oxygen atoms in total. The van der Waals surface area contributed by atoms with Crippen molar-refractivity contribution in [2.45, 2.75) is 52.3 Å². The lowest BCUT2D eigenvalue weighted by atomic mass is 10.2. The van der Waals surface area contributed by atoms with Crippen molar-refractivity contribution in [1.82, 2.24) is 14.9 Å². The predicted molar refractivity (Wildman–Crippen MR) is 84.0 cm³/mol. The second-order valence-corrected chi connectivity index (χ2v) is 7.11. The molecule has 2 aliphatic heterocycles. The third-order valence-corrected chi connectivity index (χ3v) is 3.96. The summed E-state index contributed by atoms with van der Waals surface area (Å²) in [6, 6.07) is 0. The van der Waals surface area contributed by atoms with E-state index in [2.05, 4.69) is 14.9 Å². The Hall–Kier alpha value is -1.56. The molecule has 0 N–H and O–H groups in total. The van der Waals surface area contributed by atoms with Gasteiger partial charge in [0.1, 0.15) is 11.4 Å². The average molecular weight is 325 g/mol. The molecule has 0 spiro atoms. The summed E-state index contributed by atoms with van der Waals surface area (Å²) < 4.78 is 5.44. The van der Waals surface area contributed by atoms with Crippen LogP contribution >= 0.6 is 11.6 Å². The molecule has 1 aromatic rings. The molecule has 1 amide bonds. The molecule has 0 bridgehead atoms. The summed E-state index contributed by atoms with van der Waals surface area (Å²) in [4.78, 5) is 24.8. The van der Waals surface area contributed by atoms with Gasteiger partial charge < -0.3 is 9.64 Å². The summed E-state index contributed by atoms with van der Waals surface area (Å²) in [5.74, 6) is 0.874. The van der Waals surface area contributed by atoms with E-state index in [4.69, 9.17) is 16.3 Å². The van der Waals surface area contributed by atoms with E-state index >= 15 is 0 Å². The molecule has 0 aliphatic carbocycles. The zero-order chi connectivity index (χ0) is 15.9. The van der Waals surface area contributed by atoms with Crippen molar-refractivity contribution in [3.63, 3.8) is 0 Å². The van der Waals surface area contributed by atoms with Crippen LogP contribution in [0.25, 0.3) is 0 Å². The number of carbonyl (C=O) groups excluding carboxylic acids is 1. The molecule has 22 heavy (non-hydrogen) atoms. The fourth-order valence-corrected chi connectivity index (χ4v) is 3.04. The fourth-order valence-electron chi connectivity index (χ4n) is 2.85. The standard InChI is InChI=1S/C15H21ClN4O2/c1-15(2,3)22-14(21)20-8-10-11(9-20)17-13(16)18-12(10)19-6-4-5-7-19/h4-9H2,1-3H3. The summed E-state index contributed by atoms with van der Waals surface area (Å²) in [7, 11) is 0. The zero-order valence-electron chi connectivity index (χ0n) is 13.2. The van der Waals surface area contributed by atoms with Crippen LogP contribution in [0.15, 0.2) is 0 Å². The second kappa shape index (κ2) is 5.57. The van der Waals surface area contributed by atoms with Crippen molar-refractivity contribution in [3.05, 3.63) is 16.5 Å².